The molecule has 1 aromatic carbocycles. The Labute approximate surface area is 130 Å². The molecule has 0 amide bonds. The Kier molecular flexibility index (Phi) is 3.97. The second-order valence-corrected chi connectivity index (χ2v) is 5.75. The summed E-state index contributed by atoms with van der Waals surface area (Å²) in [5.74, 6) is 1.86. The molecule has 1 aliphatic rings. The summed E-state index contributed by atoms with van der Waals surface area (Å²) in [6, 6.07) is 10.1. The zero-order chi connectivity index (χ0) is 14.8. The molecule has 0 saturated carbocycles. The van der Waals surface area contributed by atoms with E-state index < -0.39 is 0 Å². The Hall–Kier alpha value is -1.81. The number of rotatable bonds is 2. The lowest BCUT2D eigenvalue weighted by Gasteiger charge is -2.37. The number of hydrogen-bond donors (Lipinski definition) is 0. The molecule has 1 fully saturated rings. The van der Waals surface area contributed by atoms with Crippen molar-refractivity contribution in [3.8, 4) is 0 Å². The van der Waals surface area contributed by atoms with Gasteiger partial charge in [0.2, 0.25) is 0 Å². The van der Waals surface area contributed by atoms with Gasteiger partial charge in [0.05, 0.1) is 10.7 Å². The van der Waals surface area contributed by atoms with Crippen molar-refractivity contribution in [2.24, 2.45) is 0 Å². The fraction of sp³-hybridized carbons (Fsp3) is 0.375. The van der Waals surface area contributed by atoms with Crippen LogP contribution in [-0.2, 0) is 0 Å². The number of aryl methyl sites for hydroxylation is 2. The first-order chi connectivity index (χ1) is 10.1. The van der Waals surface area contributed by atoms with Gasteiger partial charge in [-0.1, -0.05) is 23.7 Å². The van der Waals surface area contributed by atoms with E-state index >= 15 is 0 Å². The standard InChI is InChI=1S/C16H19ClN4/c1-12-11-16(19-13(2)18-12)21-9-7-20(8-10-21)15-6-4-3-5-14(15)17/h3-6,11H,7-10H2,1-2H3. The zero-order valence-corrected chi connectivity index (χ0v) is 13.1. The SMILES string of the molecule is Cc1cc(N2CCN(c3ccccc3Cl)CC2)nc(C)n1. The Balaban J connectivity index is 1.72. The van der Waals surface area contributed by atoms with Crippen molar-refractivity contribution in [2.75, 3.05) is 36.0 Å². The van der Waals surface area contributed by atoms with Crippen LogP contribution in [-0.4, -0.2) is 36.1 Å². The molecular weight excluding hydrogens is 284 g/mol. The highest BCUT2D eigenvalue weighted by Gasteiger charge is 2.20. The van der Waals surface area contributed by atoms with Crippen LogP contribution < -0.4 is 9.80 Å². The van der Waals surface area contributed by atoms with Gasteiger partial charge in [-0.05, 0) is 26.0 Å². The molecule has 4 nitrogen and oxygen atoms in total. The number of hydrogen-bond acceptors (Lipinski definition) is 4. The average Bonchev–Trinajstić information content (AvgIpc) is 2.47. The van der Waals surface area contributed by atoms with E-state index in [2.05, 4.69) is 31.9 Å². The highest BCUT2D eigenvalue weighted by atomic mass is 35.5. The summed E-state index contributed by atoms with van der Waals surface area (Å²) >= 11 is 6.28. The topological polar surface area (TPSA) is 32.3 Å². The molecule has 0 atom stereocenters. The Bertz CT molecular complexity index is 616. The third-order valence-electron chi connectivity index (χ3n) is 3.75. The molecule has 0 spiro atoms. The number of para-hydroxylation sites is 1. The van der Waals surface area contributed by atoms with Gasteiger partial charge >= 0.3 is 0 Å². The van der Waals surface area contributed by atoms with E-state index in [9.17, 15) is 0 Å². The molecule has 5 heteroatoms. The minimum Gasteiger partial charge on any atom is -0.367 e. The number of anilines is 2. The first-order valence-corrected chi connectivity index (χ1v) is 7.58. The minimum absolute atomic E-state index is 0.819. The van der Waals surface area contributed by atoms with E-state index in [1.54, 1.807) is 0 Å². The van der Waals surface area contributed by atoms with Crippen LogP contribution in [0.1, 0.15) is 11.5 Å². The molecule has 0 N–H and O–H groups in total. The van der Waals surface area contributed by atoms with Crippen molar-refractivity contribution >= 4 is 23.1 Å². The maximum atomic E-state index is 6.28. The van der Waals surface area contributed by atoms with Crippen molar-refractivity contribution < 1.29 is 0 Å². The van der Waals surface area contributed by atoms with Gasteiger partial charge in [-0.15, -0.1) is 0 Å². The third-order valence-corrected chi connectivity index (χ3v) is 4.07. The van der Waals surface area contributed by atoms with E-state index in [0.717, 1.165) is 54.2 Å². The summed E-state index contributed by atoms with van der Waals surface area (Å²) in [6.07, 6.45) is 0. The quantitative estimate of drug-likeness (QED) is 0.853. The molecule has 110 valence electrons. The smallest absolute Gasteiger partial charge is 0.132 e. The Morgan fingerprint density at radius 2 is 1.62 bits per heavy atom. The Morgan fingerprint density at radius 3 is 2.29 bits per heavy atom. The number of benzene rings is 1. The lowest BCUT2D eigenvalue weighted by Crippen LogP contribution is -2.47. The van der Waals surface area contributed by atoms with Gasteiger partial charge in [-0.3, -0.25) is 0 Å². The third kappa shape index (κ3) is 3.10. The lowest BCUT2D eigenvalue weighted by atomic mass is 10.2. The van der Waals surface area contributed by atoms with Gasteiger partial charge in [0.15, 0.2) is 0 Å². The van der Waals surface area contributed by atoms with Gasteiger partial charge in [0.1, 0.15) is 11.6 Å². The molecule has 1 aromatic heterocycles. The Morgan fingerprint density at radius 1 is 0.952 bits per heavy atom. The summed E-state index contributed by atoms with van der Waals surface area (Å²) < 4.78 is 0. The number of piperazine rings is 1. The van der Waals surface area contributed by atoms with Crippen LogP contribution in [0.2, 0.25) is 5.02 Å². The normalized spacial score (nSPS) is 15.4. The van der Waals surface area contributed by atoms with Crippen LogP contribution >= 0.6 is 11.6 Å². The molecule has 3 rings (SSSR count). The van der Waals surface area contributed by atoms with Crippen LogP contribution in [0.15, 0.2) is 30.3 Å². The van der Waals surface area contributed by atoms with Crippen LogP contribution in [0.5, 0.6) is 0 Å². The largest absolute Gasteiger partial charge is 0.367 e. The second-order valence-electron chi connectivity index (χ2n) is 5.34. The molecule has 0 bridgehead atoms. The molecule has 1 saturated heterocycles. The fourth-order valence-electron chi connectivity index (χ4n) is 2.74. The number of nitrogens with zero attached hydrogens (tertiary/aromatic N) is 4. The van der Waals surface area contributed by atoms with Crippen molar-refractivity contribution in [2.45, 2.75) is 13.8 Å². The summed E-state index contributed by atoms with van der Waals surface area (Å²) in [7, 11) is 0. The average molecular weight is 303 g/mol. The second kappa shape index (κ2) is 5.90. The predicted molar refractivity (Wildman–Crippen MR) is 87.4 cm³/mol. The van der Waals surface area contributed by atoms with Crippen LogP contribution in [0.25, 0.3) is 0 Å². The van der Waals surface area contributed by atoms with E-state index in [1.807, 2.05) is 32.0 Å². The molecule has 2 aromatic rings. The van der Waals surface area contributed by atoms with Gasteiger partial charge in [0, 0.05) is 37.9 Å². The summed E-state index contributed by atoms with van der Waals surface area (Å²) in [4.78, 5) is 13.5. The van der Waals surface area contributed by atoms with Gasteiger partial charge in [0.25, 0.3) is 0 Å². The molecule has 21 heavy (non-hydrogen) atoms. The van der Waals surface area contributed by atoms with Crippen LogP contribution in [0.3, 0.4) is 0 Å². The van der Waals surface area contributed by atoms with Gasteiger partial charge < -0.3 is 9.80 Å². The highest BCUT2D eigenvalue weighted by molar-refractivity contribution is 6.33. The van der Waals surface area contributed by atoms with Crippen LogP contribution in [0, 0.1) is 13.8 Å². The fourth-order valence-corrected chi connectivity index (χ4v) is 3.00. The maximum absolute atomic E-state index is 6.28. The monoisotopic (exact) mass is 302 g/mol. The number of halogens is 1. The zero-order valence-electron chi connectivity index (χ0n) is 12.4. The van der Waals surface area contributed by atoms with Crippen molar-refractivity contribution in [3.05, 3.63) is 46.9 Å². The van der Waals surface area contributed by atoms with Crippen molar-refractivity contribution in [1.82, 2.24) is 9.97 Å². The first-order valence-electron chi connectivity index (χ1n) is 7.20. The summed E-state index contributed by atoms with van der Waals surface area (Å²) in [5.41, 5.74) is 2.14. The summed E-state index contributed by atoms with van der Waals surface area (Å²) in [5, 5.41) is 0.819. The van der Waals surface area contributed by atoms with Gasteiger partial charge in [-0.2, -0.15) is 0 Å². The predicted octanol–water partition coefficient (Wildman–Crippen LogP) is 3.07. The molecule has 0 unspecified atom stereocenters. The minimum atomic E-state index is 0.819. The van der Waals surface area contributed by atoms with E-state index in [4.69, 9.17) is 11.6 Å². The van der Waals surface area contributed by atoms with Crippen LogP contribution in [0.4, 0.5) is 11.5 Å². The first kappa shape index (κ1) is 14.1. The highest BCUT2D eigenvalue weighted by Crippen LogP contribution is 2.26. The molecule has 1 aliphatic heterocycles. The molecule has 0 radical (unpaired) electrons. The lowest BCUT2D eigenvalue weighted by molar-refractivity contribution is 0.645. The van der Waals surface area contributed by atoms with E-state index in [0.29, 0.717) is 0 Å². The number of aromatic nitrogens is 2. The molecule has 2 heterocycles. The van der Waals surface area contributed by atoms with Crippen molar-refractivity contribution in [1.29, 1.82) is 0 Å². The van der Waals surface area contributed by atoms with Gasteiger partial charge in [-0.25, -0.2) is 9.97 Å². The van der Waals surface area contributed by atoms with Crippen molar-refractivity contribution in [3.63, 3.8) is 0 Å². The van der Waals surface area contributed by atoms with E-state index in [-0.39, 0.29) is 0 Å². The summed E-state index contributed by atoms with van der Waals surface area (Å²) in [6.45, 7) is 7.74. The molecular formula is C16H19ClN4. The molecule has 0 aliphatic carbocycles. The van der Waals surface area contributed by atoms with E-state index in [1.165, 1.54) is 0 Å². The maximum Gasteiger partial charge on any atom is 0.132 e.